The summed E-state index contributed by atoms with van der Waals surface area (Å²) in [4.78, 5) is 29.0. The lowest BCUT2D eigenvalue weighted by molar-refractivity contribution is -0.137. The van der Waals surface area contributed by atoms with E-state index in [4.69, 9.17) is 9.15 Å². The van der Waals surface area contributed by atoms with E-state index in [2.05, 4.69) is 5.32 Å². The average Bonchev–Trinajstić information content (AvgIpc) is 3.37. The fraction of sp³-hybridized carbons (Fsp3) is 0.308. The van der Waals surface area contributed by atoms with Gasteiger partial charge in [-0.3, -0.25) is 4.79 Å². The van der Waals surface area contributed by atoms with E-state index in [1.165, 1.54) is 30.4 Å². The summed E-state index contributed by atoms with van der Waals surface area (Å²) in [7, 11) is 1.45. The Morgan fingerprint density at radius 2 is 1.75 bits per heavy atom. The smallest absolute Gasteiger partial charge is 0.416 e. The van der Waals surface area contributed by atoms with Crippen LogP contribution in [-0.4, -0.2) is 55.1 Å². The van der Waals surface area contributed by atoms with Gasteiger partial charge < -0.3 is 24.3 Å². The van der Waals surface area contributed by atoms with E-state index in [-0.39, 0.29) is 37.8 Å². The normalized spacial score (nSPS) is 11.2. The molecule has 2 aromatic carbocycles. The van der Waals surface area contributed by atoms with Crippen LogP contribution in [0.4, 0.5) is 23.7 Å². The second-order valence-corrected chi connectivity index (χ2v) is 8.05. The number of urea groups is 1. The Labute approximate surface area is 207 Å². The van der Waals surface area contributed by atoms with Crippen molar-refractivity contribution in [3.63, 3.8) is 0 Å². The Balaban J connectivity index is 1.72. The van der Waals surface area contributed by atoms with E-state index in [0.29, 0.717) is 18.7 Å². The van der Waals surface area contributed by atoms with Gasteiger partial charge in [0.15, 0.2) is 0 Å². The molecule has 3 aromatic rings. The summed E-state index contributed by atoms with van der Waals surface area (Å²) < 4.78 is 49.6. The molecule has 0 saturated heterocycles. The van der Waals surface area contributed by atoms with Crippen molar-refractivity contribution in [2.45, 2.75) is 19.1 Å². The molecule has 0 fully saturated rings. The highest BCUT2D eigenvalue weighted by molar-refractivity contribution is 5.92. The van der Waals surface area contributed by atoms with Crippen molar-refractivity contribution >= 4 is 17.6 Å². The second kappa shape index (κ2) is 12.8. The molecule has 0 radical (unpaired) electrons. The molecule has 36 heavy (non-hydrogen) atoms. The molecule has 3 rings (SSSR count). The minimum absolute atomic E-state index is 0.0267. The first-order valence-electron chi connectivity index (χ1n) is 11.3. The van der Waals surface area contributed by atoms with Crippen LogP contribution >= 0.6 is 0 Å². The van der Waals surface area contributed by atoms with Gasteiger partial charge >= 0.3 is 12.2 Å². The van der Waals surface area contributed by atoms with Crippen LogP contribution in [0.5, 0.6) is 0 Å². The molecule has 192 valence electrons. The summed E-state index contributed by atoms with van der Waals surface area (Å²) in [6.07, 6.45) is -2.43. The highest BCUT2D eigenvalue weighted by Gasteiger charge is 2.30. The fourth-order valence-corrected chi connectivity index (χ4v) is 3.48. The van der Waals surface area contributed by atoms with Gasteiger partial charge in [-0.05, 0) is 42.3 Å². The number of rotatable bonds is 11. The molecule has 0 bridgehead atoms. The predicted octanol–water partition coefficient (Wildman–Crippen LogP) is 5.05. The molecular weight excluding hydrogens is 475 g/mol. The van der Waals surface area contributed by atoms with Gasteiger partial charge in [0.25, 0.3) is 0 Å². The maximum absolute atomic E-state index is 13.3. The summed E-state index contributed by atoms with van der Waals surface area (Å²) in [5.41, 5.74) is 0.139. The Morgan fingerprint density at radius 3 is 2.42 bits per heavy atom. The second-order valence-electron chi connectivity index (χ2n) is 8.05. The van der Waals surface area contributed by atoms with E-state index in [1.54, 1.807) is 17.0 Å². The Hall–Kier alpha value is -3.79. The average molecular weight is 504 g/mol. The number of nitrogens with zero attached hydrogens (tertiary/aromatic N) is 2. The maximum Gasteiger partial charge on any atom is 0.416 e. The number of anilines is 1. The van der Waals surface area contributed by atoms with Crippen LogP contribution in [0.3, 0.4) is 0 Å². The molecular formula is C26H28F3N3O4. The van der Waals surface area contributed by atoms with Crippen molar-refractivity contribution in [2.75, 3.05) is 38.7 Å². The van der Waals surface area contributed by atoms with Crippen LogP contribution in [0.2, 0.25) is 0 Å². The summed E-state index contributed by atoms with van der Waals surface area (Å²) in [5.74, 6) is 0.255. The number of hydrogen-bond acceptors (Lipinski definition) is 4. The van der Waals surface area contributed by atoms with Gasteiger partial charge in [-0.15, -0.1) is 0 Å². The van der Waals surface area contributed by atoms with E-state index in [0.717, 1.165) is 17.7 Å². The minimum Gasteiger partial charge on any atom is -0.467 e. The zero-order valence-corrected chi connectivity index (χ0v) is 19.8. The van der Waals surface area contributed by atoms with Gasteiger partial charge in [0.05, 0.1) is 25.0 Å². The van der Waals surface area contributed by atoms with Crippen LogP contribution in [0.25, 0.3) is 0 Å². The van der Waals surface area contributed by atoms with Crippen molar-refractivity contribution in [1.29, 1.82) is 0 Å². The fourth-order valence-electron chi connectivity index (χ4n) is 3.48. The van der Waals surface area contributed by atoms with Crippen LogP contribution < -0.4 is 5.32 Å². The molecule has 0 spiro atoms. The SMILES string of the molecule is COCCN(CC(=O)N(CCc1ccccc1)Cc1ccco1)C(=O)Nc1cccc(C(F)(F)F)c1. The van der Waals surface area contributed by atoms with E-state index in [9.17, 15) is 22.8 Å². The predicted molar refractivity (Wildman–Crippen MR) is 128 cm³/mol. The Morgan fingerprint density at radius 1 is 0.972 bits per heavy atom. The number of ether oxygens (including phenoxy) is 1. The third-order valence-corrected chi connectivity index (χ3v) is 5.41. The molecule has 0 atom stereocenters. The minimum atomic E-state index is -4.54. The van der Waals surface area contributed by atoms with Crippen LogP contribution in [0.15, 0.2) is 77.4 Å². The van der Waals surface area contributed by atoms with Gasteiger partial charge in [0.1, 0.15) is 12.3 Å². The van der Waals surface area contributed by atoms with Crippen molar-refractivity contribution in [1.82, 2.24) is 9.80 Å². The molecule has 0 aliphatic heterocycles. The molecule has 0 unspecified atom stereocenters. The number of alkyl halides is 3. The zero-order valence-electron chi connectivity index (χ0n) is 19.8. The molecule has 3 amide bonds. The van der Waals surface area contributed by atoms with Gasteiger partial charge in [-0.1, -0.05) is 36.4 Å². The van der Waals surface area contributed by atoms with Crippen molar-refractivity contribution in [2.24, 2.45) is 0 Å². The van der Waals surface area contributed by atoms with Gasteiger partial charge in [-0.25, -0.2) is 4.79 Å². The Bertz CT molecular complexity index is 1110. The lowest BCUT2D eigenvalue weighted by atomic mass is 10.1. The number of halogens is 3. The molecule has 1 aromatic heterocycles. The van der Waals surface area contributed by atoms with Crippen molar-refractivity contribution in [3.05, 3.63) is 89.9 Å². The number of furan rings is 1. The van der Waals surface area contributed by atoms with Crippen LogP contribution in [-0.2, 0) is 28.7 Å². The van der Waals surface area contributed by atoms with E-state index in [1.807, 2.05) is 30.3 Å². The Kier molecular flexibility index (Phi) is 9.52. The van der Waals surface area contributed by atoms with Crippen LogP contribution in [0.1, 0.15) is 16.9 Å². The summed E-state index contributed by atoms with van der Waals surface area (Å²) in [5, 5.41) is 2.45. The molecule has 7 nitrogen and oxygen atoms in total. The third kappa shape index (κ3) is 8.16. The number of hydrogen-bond donors (Lipinski definition) is 1. The number of amides is 3. The number of carbonyl (C=O) groups excluding carboxylic acids is 2. The number of methoxy groups -OCH3 is 1. The van der Waals surface area contributed by atoms with Crippen LogP contribution in [0, 0.1) is 0 Å². The maximum atomic E-state index is 13.3. The molecule has 0 aliphatic carbocycles. The summed E-state index contributed by atoms with van der Waals surface area (Å²) in [6, 6.07) is 16.8. The molecule has 0 saturated carbocycles. The topological polar surface area (TPSA) is 75.0 Å². The highest BCUT2D eigenvalue weighted by Crippen LogP contribution is 2.30. The van der Waals surface area contributed by atoms with Crippen molar-refractivity contribution in [3.8, 4) is 0 Å². The largest absolute Gasteiger partial charge is 0.467 e. The van der Waals surface area contributed by atoms with Gasteiger partial charge in [-0.2, -0.15) is 13.2 Å². The lowest BCUT2D eigenvalue weighted by Gasteiger charge is -2.27. The van der Waals surface area contributed by atoms with E-state index < -0.39 is 17.8 Å². The lowest BCUT2D eigenvalue weighted by Crippen LogP contribution is -2.46. The molecule has 10 heteroatoms. The van der Waals surface area contributed by atoms with Gasteiger partial charge in [0, 0.05) is 25.9 Å². The van der Waals surface area contributed by atoms with Gasteiger partial charge in [0.2, 0.25) is 5.91 Å². The number of benzene rings is 2. The van der Waals surface area contributed by atoms with Crippen molar-refractivity contribution < 1.29 is 31.9 Å². The summed E-state index contributed by atoms with van der Waals surface area (Å²) >= 11 is 0. The van der Waals surface area contributed by atoms with E-state index >= 15 is 0 Å². The quantitative estimate of drug-likeness (QED) is 0.397. The monoisotopic (exact) mass is 503 g/mol. The molecule has 1 heterocycles. The first-order chi connectivity index (χ1) is 17.3. The zero-order chi connectivity index (χ0) is 26.0. The number of carbonyl (C=O) groups is 2. The summed E-state index contributed by atoms with van der Waals surface area (Å²) in [6.45, 7) is 0.526. The standard InChI is InChI=1S/C26H28F3N3O4/c1-35-16-14-32(25(34)30-22-10-5-9-21(17-22)26(27,28)29)19-24(33)31(18-23-11-6-15-36-23)13-12-20-7-3-2-4-8-20/h2-11,15,17H,12-14,16,18-19H2,1H3,(H,30,34). The number of nitrogens with one attached hydrogen (secondary N) is 1. The first kappa shape index (κ1) is 26.8. The first-order valence-corrected chi connectivity index (χ1v) is 11.3. The highest BCUT2D eigenvalue weighted by atomic mass is 19.4. The molecule has 0 aliphatic rings. The molecule has 1 N–H and O–H groups in total. The third-order valence-electron chi connectivity index (χ3n) is 5.41.